The Morgan fingerprint density at radius 3 is 2.12 bits per heavy atom. The number of nitrogens with one attached hydrogen (secondary N) is 3. The summed E-state index contributed by atoms with van der Waals surface area (Å²) in [6, 6.07) is -1.24. The van der Waals surface area contributed by atoms with E-state index < -0.39 is 29.2 Å². The Bertz CT molecular complexity index is 558. The topological polar surface area (TPSA) is 169 Å². The van der Waals surface area contributed by atoms with Crippen molar-refractivity contribution in [2.75, 3.05) is 0 Å². The van der Waals surface area contributed by atoms with Crippen LogP contribution in [0.15, 0.2) is 14.4 Å². The smallest absolute Gasteiger partial charge is 0.351 e. The maximum absolute atomic E-state index is 10.9. The Kier molecular flexibility index (Phi) is 2.89. The molecule has 0 spiro atoms. The van der Waals surface area contributed by atoms with E-state index in [9.17, 15) is 24.0 Å². The standard InChI is InChI=1S/C5H5N5O6/c6-1(11)7-5(15)16-10-3(13)8-2(12)9-4(10)14/h(H3,6,7,11,15)(H2,8,9,12,13,14). The van der Waals surface area contributed by atoms with Crippen LogP contribution < -0.4 is 33.0 Å². The van der Waals surface area contributed by atoms with Gasteiger partial charge in [-0.25, -0.2) is 29.3 Å². The van der Waals surface area contributed by atoms with E-state index in [2.05, 4.69) is 10.6 Å². The first-order valence-electron chi connectivity index (χ1n) is 3.64. The molecule has 0 saturated carbocycles. The number of rotatable bonds is 1. The van der Waals surface area contributed by atoms with Crippen molar-refractivity contribution in [3.8, 4) is 0 Å². The van der Waals surface area contributed by atoms with Crippen LogP contribution in [0.1, 0.15) is 0 Å². The van der Waals surface area contributed by atoms with E-state index in [1.54, 1.807) is 9.97 Å². The molecule has 86 valence electrons. The number of carbonyl (C=O) groups excluding carboxylic acids is 2. The lowest BCUT2D eigenvalue weighted by Crippen LogP contribution is -2.51. The SMILES string of the molecule is NC(=O)NC(=O)On1c(=O)[nH]c(=O)[nH]c1=O. The number of carbonyl (C=O) groups is 2. The summed E-state index contributed by atoms with van der Waals surface area (Å²) in [4.78, 5) is 60.8. The third kappa shape index (κ3) is 2.57. The minimum Gasteiger partial charge on any atom is -0.351 e. The Hall–Kier alpha value is -2.85. The number of aromatic nitrogens is 3. The Morgan fingerprint density at radius 1 is 1.19 bits per heavy atom. The monoisotopic (exact) mass is 231 g/mol. The van der Waals surface area contributed by atoms with E-state index in [4.69, 9.17) is 0 Å². The van der Waals surface area contributed by atoms with Crippen molar-refractivity contribution in [2.24, 2.45) is 5.73 Å². The van der Waals surface area contributed by atoms with Crippen molar-refractivity contribution in [1.29, 1.82) is 0 Å². The van der Waals surface area contributed by atoms with Crippen molar-refractivity contribution in [2.45, 2.75) is 0 Å². The molecule has 3 amide bonds. The molecule has 0 bridgehead atoms. The highest BCUT2D eigenvalue weighted by molar-refractivity contribution is 5.89. The van der Waals surface area contributed by atoms with E-state index in [1.807, 2.05) is 0 Å². The quantitative estimate of drug-likeness (QED) is 0.389. The number of H-pyrrole nitrogens is 2. The highest BCUT2D eigenvalue weighted by atomic mass is 16.7. The Morgan fingerprint density at radius 2 is 1.69 bits per heavy atom. The highest BCUT2D eigenvalue weighted by Gasteiger charge is 2.11. The normalized spacial score (nSPS) is 9.50. The fourth-order valence-corrected chi connectivity index (χ4v) is 0.709. The van der Waals surface area contributed by atoms with Gasteiger partial charge >= 0.3 is 29.2 Å². The summed E-state index contributed by atoms with van der Waals surface area (Å²) in [6.07, 6.45) is -1.45. The van der Waals surface area contributed by atoms with Gasteiger partial charge in [-0.15, -0.1) is 0 Å². The molecule has 0 saturated heterocycles. The Balaban J connectivity index is 3.03. The lowest BCUT2D eigenvalue weighted by molar-refractivity contribution is 0.121. The number of nitrogens with two attached hydrogens (primary N) is 1. The second kappa shape index (κ2) is 4.12. The van der Waals surface area contributed by atoms with Crippen molar-refractivity contribution < 1.29 is 14.4 Å². The van der Waals surface area contributed by atoms with Gasteiger partial charge in [0.05, 0.1) is 0 Å². The first-order valence-corrected chi connectivity index (χ1v) is 3.64. The molecule has 11 nitrogen and oxygen atoms in total. The van der Waals surface area contributed by atoms with Gasteiger partial charge < -0.3 is 10.6 Å². The second-order valence-electron chi connectivity index (χ2n) is 2.35. The summed E-state index contributed by atoms with van der Waals surface area (Å²) in [6.45, 7) is 0. The predicted molar refractivity (Wildman–Crippen MR) is 46.6 cm³/mol. The van der Waals surface area contributed by atoms with E-state index >= 15 is 0 Å². The van der Waals surface area contributed by atoms with Gasteiger partial charge in [-0.3, -0.25) is 9.97 Å². The number of hydrogen-bond acceptors (Lipinski definition) is 6. The molecule has 0 aliphatic carbocycles. The molecule has 0 fully saturated rings. The Labute approximate surface area is 84.8 Å². The van der Waals surface area contributed by atoms with Crippen LogP contribution in [0.3, 0.4) is 0 Å². The number of urea groups is 1. The molecule has 0 aliphatic rings. The van der Waals surface area contributed by atoms with Gasteiger partial charge in [0.2, 0.25) is 0 Å². The summed E-state index contributed by atoms with van der Waals surface area (Å²) < 4.78 is -0.0975. The second-order valence-corrected chi connectivity index (χ2v) is 2.35. The molecule has 1 aromatic heterocycles. The van der Waals surface area contributed by atoms with Gasteiger partial charge in [0.15, 0.2) is 0 Å². The maximum Gasteiger partial charge on any atom is 0.440 e. The van der Waals surface area contributed by atoms with Crippen LogP contribution in [0.4, 0.5) is 9.59 Å². The van der Waals surface area contributed by atoms with E-state index in [1.165, 1.54) is 5.32 Å². The molecule has 1 heterocycles. The third-order valence-electron chi connectivity index (χ3n) is 1.21. The molecule has 0 aliphatic heterocycles. The van der Waals surface area contributed by atoms with Crippen LogP contribution in [0.5, 0.6) is 0 Å². The fraction of sp³-hybridized carbons (Fsp3) is 0. The maximum atomic E-state index is 10.9. The van der Waals surface area contributed by atoms with Gasteiger partial charge in [0.1, 0.15) is 0 Å². The minimum absolute atomic E-state index is 0.0975. The van der Waals surface area contributed by atoms with Crippen LogP contribution in [0.2, 0.25) is 0 Å². The fourth-order valence-electron chi connectivity index (χ4n) is 0.709. The molecule has 0 aromatic carbocycles. The van der Waals surface area contributed by atoms with Crippen molar-refractivity contribution in [3.63, 3.8) is 0 Å². The summed E-state index contributed by atoms with van der Waals surface area (Å²) in [7, 11) is 0. The number of imide groups is 1. The number of amides is 3. The van der Waals surface area contributed by atoms with Crippen LogP contribution in [-0.2, 0) is 0 Å². The van der Waals surface area contributed by atoms with E-state index in [0.717, 1.165) is 0 Å². The molecular weight excluding hydrogens is 226 g/mol. The van der Waals surface area contributed by atoms with Gasteiger partial charge in [-0.2, -0.15) is 0 Å². The molecular formula is C5H5N5O6. The van der Waals surface area contributed by atoms with Gasteiger partial charge in [0.25, 0.3) is 0 Å². The van der Waals surface area contributed by atoms with E-state index in [-0.39, 0.29) is 4.73 Å². The molecule has 1 aromatic rings. The molecule has 1 rings (SSSR count). The summed E-state index contributed by atoms with van der Waals surface area (Å²) in [5.74, 6) is 0. The van der Waals surface area contributed by atoms with E-state index in [0.29, 0.717) is 0 Å². The van der Waals surface area contributed by atoms with Crippen LogP contribution >= 0.6 is 0 Å². The van der Waals surface area contributed by atoms with Crippen LogP contribution in [-0.4, -0.2) is 26.8 Å². The summed E-state index contributed by atoms with van der Waals surface area (Å²) in [5, 5.41) is 1.43. The molecule has 16 heavy (non-hydrogen) atoms. The number of nitrogens with zero attached hydrogens (tertiary/aromatic N) is 1. The van der Waals surface area contributed by atoms with Gasteiger partial charge in [0, 0.05) is 0 Å². The minimum atomic E-state index is -1.45. The number of aromatic amines is 2. The molecule has 0 atom stereocenters. The number of hydrogen-bond donors (Lipinski definition) is 4. The predicted octanol–water partition coefficient (Wildman–Crippen LogP) is -3.56. The number of primary amides is 1. The first-order chi connectivity index (χ1) is 7.40. The lowest BCUT2D eigenvalue weighted by Gasteiger charge is -2.02. The summed E-state index contributed by atoms with van der Waals surface area (Å²) >= 11 is 0. The molecule has 11 heteroatoms. The zero-order valence-corrected chi connectivity index (χ0v) is 7.47. The average molecular weight is 231 g/mol. The highest BCUT2D eigenvalue weighted by Crippen LogP contribution is 1.66. The largest absolute Gasteiger partial charge is 0.440 e. The van der Waals surface area contributed by atoms with Crippen molar-refractivity contribution >= 4 is 12.1 Å². The molecule has 0 unspecified atom stereocenters. The zero-order chi connectivity index (χ0) is 12.3. The average Bonchev–Trinajstić information content (AvgIpc) is 2.09. The van der Waals surface area contributed by atoms with Gasteiger partial charge in [-0.1, -0.05) is 4.73 Å². The first kappa shape index (κ1) is 11.2. The van der Waals surface area contributed by atoms with Crippen LogP contribution in [0, 0.1) is 0 Å². The molecule has 5 N–H and O–H groups in total. The zero-order valence-electron chi connectivity index (χ0n) is 7.47. The van der Waals surface area contributed by atoms with Crippen molar-refractivity contribution in [3.05, 3.63) is 31.5 Å². The third-order valence-corrected chi connectivity index (χ3v) is 1.21. The van der Waals surface area contributed by atoms with Crippen molar-refractivity contribution in [1.82, 2.24) is 20.0 Å². The van der Waals surface area contributed by atoms with Gasteiger partial charge in [-0.05, 0) is 0 Å². The summed E-state index contributed by atoms with van der Waals surface area (Å²) in [5.41, 5.74) is 0.933. The molecule has 0 radical (unpaired) electrons. The lowest BCUT2D eigenvalue weighted by atomic mass is 11.0. The van der Waals surface area contributed by atoms with Crippen LogP contribution in [0.25, 0.3) is 0 Å².